The molecular weight excluding hydrogens is 288 g/mol. The maximum Gasteiger partial charge on any atom is 0.337 e. The van der Waals surface area contributed by atoms with Crippen LogP contribution in [0.2, 0.25) is 0 Å². The van der Waals surface area contributed by atoms with Gasteiger partial charge in [-0.1, -0.05) is 6.92 Å². The summed E-state index contributed by atoms with van der Waals surface area (Å²) in [5, 5.41) is 8.16. The van der Waals surface area contributed by atoms with Crippen molar-refractivity contribution in [1.82, 2.24) is 20.9 Å². The van der Waals surface area contributed by atoms with Crippen LogP contribution in [0.25, 0.3) is 0 Å². The highest BCUT2D eigenvalue weighted by Gasteiger charge is 2.32. The fourth-order valence-electron chi connectivity index (χ4n) is 2.64. The van der Waals surface area contributed by atoms with E-state index < -0.39 is 5.97 Å². The number of piperazine rings is 1. The van der Waals surface area contributed by atoms with E-state index in [2.05, 4.69) is 16.0 Å². The monoisotopic (exact) mass is 310 g/mol. The highest BCUT2D eigenvalue weighted by molar-refractivity contribution is 5.94. The molecule has 122 valence electrons. The summed E-state index contributed by atoms with van der Waals surface area (Å²) in [5.41, 5.74) is 0.957. The van der Waals surface area contributed by atoms with Gasteiger partial charge in [-0.3, -0.25) is 9.69 Å². The number of nitrogens with one attached hydrogen (secondary N) is 3. The summed E-state index contributed by atoms with van der Waals surface area (Å²) in [6.45, 7) is 5.72. The van der Waals surface area contributed by atoms with Gasteiger partial charge in [0.25, 0.3) is 0 Å². The van der Waals surface area contributed by atoms with Gasteiger partial charge in [-0.25, -0.2) is 9.59 Å². The minimum absolute atomic E-state index is 0.0585. The molecular formula is C14H22N4O4. The van der Waals surface area contributed by atoms with Gasteiger partial charge >= 0.3 is 12.0 Å². The molecule has 1 atom stereocenters. The van der Waals surface area contributed by atoms with Crippen LogP contribution in [0, 0.1) is 0 Å². The van der Waals surface area contributed by atoms with Gasteiger partial charge in [-0.05, 0) is 13.3 Å². The lowest BCUT2D eigenvalue weighted by molar-refractivity contribution is -0.139. The first-order valence-electron chi connectivity index (χ1n) is 7.51. The second-order valence-corrected chi connectivity index (χ2v) is 5.23. The van der Waals surface area contributed by atoms with Crippen molar-refractivity contribution in [2.24, 2.45) is 0 Å². The zero-order valence-corrected chi connectivity index (χ0v) is 12.9. The Morgan fingerprint density at radius 2 is 2.14 bits per heavy atom. The first kappa shape index (κ1) is 16.3. The number of hydrogen-bond acceptors (Lipinski definition) is 5. The summed E-state index contributed by atoms with van der Waals surface area (Å²) in [7, 11) is 0. The molecule has 8 heteroatoms. The molecule has 22 heavy (non-hydrogen) atoms. The molecule has 0 aliphatic carbocycles. The number of nitrogens with zero attached hydrogens (tertiary/aromatic N) is 1. The van der Waals surface area contributed by atoms with Crippen LogP contribution in [0.4, 0.5) is 4.79 Å². The van der Waals surface area contributed by atoms with Gasteiger partial charge in [0.2, 0.25) is 5.91 Å². The maximum atomic E-state index is 12.2. The van der Waals surface area contributed by atoms with Crippen LogP contribution in [0.1, 0.15) is 20.3 Å². The standard InChI is InChI=1S/C14H22N4O4/c1-3-9-12(13(20)22-4-2)10(17-14(21)16-9)7-18-6-5-15-11(19)8-18/h9H,3-8H2,1-2H3,(H,15,19)(H2,16,17,21). The first-order valence-corrected chi connectivity index (χ1v) is 7.51. The molecule has 2 rings (SSSR count). The zero-order valence-electron chi connectivity index (χ0n) is 12.9. The fourth-order valence-corrected chi connectivity index (χ4v) is 2.64. The van der Waals surface area contributed by atoms with E-state index in [1.807, 2.05) is 11.8 Å². The third-order valence-corrected chi connectivity index (χ3v) is 3.65. The highest BCUT2D eigenvalue weighted by atomic mass is 16.5. The van der Waals surface area contributed by atoms with Gasteiger partial charge in [0.15, 0.2) is 0 Å². The van der Waals surface area contributed by atoms with Crippen molar-refractivity contribution < 1.29 is 19.1 Å². The Morgan fingerprint density at radius 1 is 1.36 bits per heavy atom. The van der Waals surface area contributed by atoms with Crippen molar-refractivity contribution in [3.8, 4) is 0 Å². The second-order valence-electron chi connectivity index (χ2n) is 5.23. The fraction of sp³-hybridized carbons (Fsp3) is 0.643. The lowest BCUT2D eigenvalue weighted by Gasteiger charge is -2.32. The molecule has 3 N–H and O–H groups in total. The van der Waals surface area contributed by atoms with Gasteiger partial charge in [0, 0.05) is 25.3 Å². The largest absolute Gasteiger partial charge is 0.463 e. The van der Waals surface area contributed by atoms with Crippen LogP contribution in [0.15, 0.2) is 11.3 Å². The van der Waals surface area contributed by atoms with Gasteiger partial charge in [0.05, 0.1) is 24.8 Å². The second kappa shape index (κ2) is 7.26. The number of esters is 1. The molecule has 0 spiro atoms. The molecule has 1 fully saturated rings. The third-order valence-electron chi connectivity index (χ3n) is 3.65. The van der Waals surface area contributed by atoms with Gasteiger partial charge in [0.1, 0.15) is 0 Å². The lowest BCUT2D eigenvalue weighted by atomic mass is 10.00. The van der Waals surface area contributed by atoms with E-state index in [0.29, 0.717) is 37.3 Å². The number of rotatable bonds is 5. The van der Waals surface area contributed by atoms with Crippen molar-refractivity contribution >= 4 is 17.9 Å². The SMILES string of the molecule is CCOC(=O)C1=C(CN2CCNC(=O)C2)NC(=O)NC1CC. The first-order chi connectivity index (χ1) is 10.5. The van der Waals surface area contributed by atoms with Crippen LogP contribution in [0.3, 0.4) is 0 Å². The van der Waals surface area contributed by atoms with E-state index in [4.69, 9.17) is 4.74 Å². The van der Waals surface area contributed by atoms with Crippen LogP contribution in [-0.2, 0) is 14.3 Å². The minimum atomic E-state index is -0.432. The van der Waals surface area contributed by atoms with Gasteiger partial charge in [-0.2, -0.15) is 0 Å². The molecule has 0 aromatic rings. The Bertz CT molecular complexity index is 503. The number of hydrogen-bond donors (Lipinski definition) is 3. The van der Waals surface area contributed by atoms with E-state index in [9.17, 15) is 14.4 Å². The predicted octanol–water partition coefficient (Wildman–Crippen LogP) is -0.673. The Kier molecular flexibility index (Phi) is 5.37. The van der Waals surface area contributed by atoms with Crippen LogP contribution < -0.4 is 16.0 Å². The van der Waals surface area contributed by atoms with E-state index in [1.54, 1.807) is 6.92 Å². The molecule has 2 aliphatic rings. The number of amides is 3. The molecule has 1 saturated heterocycles. The van der Waals surface area contributed by atoms with Crippen molar-refractivity contribution in [3.05, 3.63) is 11.3 Å². The van der Waals surface area contributed by atoms with Crippen molar-refractivity contribution in [2.75, 3.05) is 32.8 Å². The maximum absolute atomic E-state index is 12.2. The molecule has 3 amide bonds. The van der Waals surface area contributed by atoms with E-state index >= 15 is 0 Å². The molecule has 1 unspecified atom stereocenters. The van der Waals surface area contributed by atoms with Crippen LogP contribution in [-0.4, -0.2) is 61.6 Å². The lowest BCUT2D eigenvalue weighted by Crippen LogP contribution is -2.54. The normalized spacial score (nSPS) is 22.7. The minimum Gasteiger partial charge on any atom is -0.463 e. The van der Waals surface area contributed by atoms with Crippen LogP contribution in [0.5, 0.6) is 0 Å². The van der Waals surface area contributed by atoms with E-state index in [1.165, 1.54) is 0 Å². The highest BCUT2D eigenvalue weighted by Crippen LogP contribution is 2.18. The van der Waals surface area contributed by atoms with Crippen molar-refractivity contribution in [2.45, 2.75) is 26.3 Å². The summed E-state index contributed by atoms with van der Waals surface area (Å²) in [6, 6.07) is -0.710. The smallest absolute Gasteiger partial charge is 0.337 e. The molecule has 2 aliphatic heterocycles. The zero-order chi connectivity index (χ0) is 16.1. The molecule has 0 bridgehead atoms. The summed E-state index contributed by atoms with van der Waals surface area (Å²) >= 11 is 0. The molecule has 0 aromatic heterocycles. The van der Waals surface area contributed by atoms with E-state index in [-0.39, 0.29) is 31.1 Å². The average molecular weight is 310 g/mol. The number of urea groups is 1. The molecule has 0 aromatic carbocycles. The third kappa shape index (κ3) is 3.76. The number of carbonyl (C=O) groups excluding carboxylic acids is 3. The van der Waals surface area contributed by atoms with Crippen LogP contribution >= 0.6 is 0 Å². The van der Waals surface area contributed by atoms with Gasteiger partial charge < -0.3 is 20.7 Å². The molecule has 0 radical (unpaired) electrons. The molecule has 8 nitrogen and oxygen atoms in total. The molecule has 2 heterocycles. The quantitative estimate of drug-likeness (QED) is 0.585. The average Bonchev–Trinajstić information content (AvgIpc) is 2.46. The Morgan fingerprint density at radius 3 is 2.77 bits per heavy atom. The number of ether oxygens (including phenoxy) is 1. The topological polar surface area (TPSA) is 99.8 Å². The van der Waals surface area contributed by atoms with Crippen molar-refractivity contribution in [3.63, 3.8) is 0 Å². The predicted molar refractivity (Wildman–Crippen MR) is 78.9 cm³/mol. The summed E-state index contributed by atoms with van der Waals surface area (Å²) in [6.07, 6.45) is 0.589. The Balaban J connectivity index is 2.24. The molecule has 0 saturated carbocycles. The Hall–Kier alpha value is -2.09. The number of carbonyl (C=O) groups is 3. The van der Waals surface area contributed by atoms with E-state index in [0.717, 1.165) is 0 Å². The summed E-state index contributed by atoms with van der Waals surface area (Å²) < 4.78 is 5.10. The summed E-state index contributed by atoms with van der Waals surface area (Å²) in [4.78, 5) is 37.3. The summed E-state index contributed by atoms with van der Waals surface area (Å²) in [5.74, 6) is -0.491. The van der Waals surface area contributed by atoms with Gasteiger partial charge in [-0.15, -0.1) is 0 Å². The van der Waals surface area contributed by atoms with Crippen molar-refractivity contribution in [1.29, 1.82) is 0 Å². The Labute approximate surface area is 129 Å².